The highest BCUT2D eigenvalue weighted by Gasteiger charge is 2.35. The first-order chi connectivity index (χ1) is 8.81. The molecule has 1 heterocycles. The first-order valence-corrected chi connectivity index (χ1v) is 6.25. The Labute approximate surface area is 106 Å². The van der Waals surface area contributed by atoms with Gasteiger partial charge in [-0.1, -0.05) is 12.8 Å². The molecular weight excluding hydrogens is 230 g/mol. The molecule has 18 heavy (non-hydrogen) atoms. The van der Waals surface area contributed by atoms with Crippen LogP contribution in [0.4, 0.5) is 0 Å². The van der Waals surface area contributed by atoms with Crippen LogP contribution in [0.15, 0.2) is 18.2 Å². The van der Waals surface area contributed by atoms with E-state index in [0.717, 1.165) is 37.2 Å². The molecule has 0 radical (unpaired) electrons. The number of hydrogen-bond acceptors (Lipinski definition) is 4. The summed E-state index contributed by atoms with van der Waals surface area (Å²) in [4.78, 5) is 0. The summed E-state index contributed by atoms with van der Waals surface area (Å²) < 4.78 is 16.3. The molecule has 0 saturated heterocycles. The molecule has 1 aromatic carbocycles. The van der Waals surface area contributed by atoms with E-state index in [-0.39, 0.29) is 12.2 Å². The largest absolute Gasteiger partial charge is 0.492 e. The van der Waals surface area contributed by atoms with E-state index < -0.39 is 0 Å². The number of benzene rings is 1. The highest BCUT2D eigenvalue weighted by molar-refractivity contribution is 5.46. The van der Waals surface area contributed by atoms with Gasteiger partial charge in [0.15, 0.2) is 11.5 Å². The van der Waals surface area contributed by atoms with E-state index >= 15 is 0 Å². The minimum atomic E-state index is -0.295. The fourth-order valence-corrected chi connectivity index (χ4v) is 2.53. The van der Waals surface area contributed by atoms with Crippen LogP contribution in [0.1, 0.15) is 25.7 Å². The van der Waals surface area contributed by atoms with E-state index in [1.54, 1.807) is 0 Å². The topological polar surface area (TPSA) is 51.5 Å². The highest BCUT2D eigenvalue weighted by Crippen LogP contribution is 2.39. The summed E-state index contributed by atoms with van der Waals surface area (Å²) in [5, 5.41) is 9.27. The van der Waals surface area contributed by atoms with Gasteiger partial charge < -0.3 is 14.2 Å². The van der Waals surface area contributed by atoms with E-state index in [1.165, 1.54) is 0 Å². The smallest absolute Gasteiger partial charge is 0.231 e. The van der Waals surface area contributed by atoms with Gasteiger partial charge in [0.1, 0.15) is 12.4 Å². The third-order valence-corrected chi connectivity index (χ3v) is 3.66. The molecule has 2 aliphatic rings. The molecule has 4 heteroatoms. The van der Waals surface area contributed by atoms with Gasteiger partial charge in [-0.3, -0.25) is 0 Å². The van der Waals surface area contributed by atoms with Gasteiger partial charge in [0, 0.05) is 6.07 Å². The maximum absolute atomic E-state index is 9.27. The van der Waals surface area contributed by atoms with Gasteiger partial charge in [-0.2, -0.15) is 5.26 Å². The van der Waals surface area contributed by atoms with Gasteiger partial charge in [0.2, 0.25) is 6.79 Å². The van der Waals surface area contributed by atoms with Crippen molar-refractivity contribution in [1.82, 2.24) is 0 Å². The lowest BCUT2D eigenvalue weighted by atomic mass is 9.89. The summed E-state index contributed by atoms with van der Waals surface area (Å²) in [5.41, 5.74) is -0.295. The predicted molar refractivity (Wildman–Crippen MR) is 64.6 cm³/mol. The van der Waals surface area contributed by atoms with E-state index in [1.807, 2.05) is 18.2 Å². The Morgan fingerprint density at radius 1 is 1.22 bits per heavy atom. The summed E-state index contributed by atoms with van der Waals surface area (Å²) in [7, 11) is 0. The van der Waals surface area contributed by atoms with Crippen LogP contribution in [0, 0.1) is 16.7 Å². The fourth-order valence-electron chi connectivity index (χ4n) is 2.53. The second kappa shape index (κ2) is 4.41. The van der Waals surface area contributed by atoms with Crippen molar-refractivity contribution in [3.63, 3.8) is 0 Å². The van der Waals surface area contributed by atoms with Crippen molar-refractivity contribution in [3.8, 4) is 23.3 Å². The summed E-state index contributed by atoms with van der Waals surface area (Å²) >= 11 is 0. The summed E-state index contributed by atoms with van der Waals surface area (Å²) in [5.74, 6) is 2.20. The lowest BCUT2D eigenvalue weighted by molar-refractivity contribution is 0.173. The van der Waals surface area contributed by atoms with Gasteiger partial charge in [-0.15, -0.1) is 0 Å². The van der Waals surface area contributed by atoms with Gasteiger partial charge >= 0.3 is 0 Å². The molecular formula is C14H15NO3. The lowest BCUT2D eigenvalue weighted by Gasteiger charge is -2.20. The molecule has 94 valence electrons. The van der Waals surface area contributed by atoms with Gasteiger partial charge in [0.25, 0.3) is 0 Å². The van der Waals surface area contributed by atoms with Gasteiger partial charge in [-0.05, 0) is 25.0 Å². The third-order valence-electron chi connectivity index (χ3n) is 3.66. The van der Waals surface area contributed by atoms with Gasteiger partial charge in [0.05, 0.1) is 11.5 Å². The molecule has 0 N–H and O–H groups in total. The van der Waals surface area contributed by atoms with E-state index in [4.69, 9.17) is 14.2 Å². The summed E-state index contributed by atoms with van der Waals surface area (Å²) in [6.07, 6.45) is 4.12. The van der Waals surface area contributed by atoms with Crippen molar-refractivity contribution in [3.05, 3.63) is 18.2 Å². The quantitative estimate of drug-likeness (QED) is 0.821. The molecule has 1 saturated carbocycles. The number of fused-ring (bicyclic) bond motifs is 1. The lowest BCUT2D eigenvalue weighted by Crippen LogP contribution is -2.23. The predicted octanol–water partition coefficient (Wildman–Crippen LogP) is 2.88. The first-order valence-electron chi connectivity index (χ1n) is 6.25. The van der Waals surface area contributed by atoms with Crippen LogP contribution in [-0.2, 0) is 0 Å². The van der Waals surface area contributed by atoms with E-state index in [0.29, 0.717) is 12.4 Å². The Bertz CT molecular complexity index is 486. The van der Waals surface area contributed by atoms with Crippen LogP contribution in [-0.4, -0.2) is 13.4 Å². The molecule has 1 fully saturated rings. The molecule has 0 aromatic heterocycles. The Kier molecular flexibility index (Phi) is 2.75. The molecule has 0 bridgehead atoms. The summed E-state index contributed by atoms with van der Waals surface area (Å²) in [6, 6.07) is 7.93. The number of nitriles is 1. The second-order valence-electron chi connectivity index (χ2n) is 4.90. The Morgan fingerprint density at radius 2 is 2.00 bits per heavy atom. The van der Waals surface area contributed by atoms with Crippen molar-refractivity contribution >= 4 is 0 Å². The zero-order valence-corrected chi connectivity index (χ0v) is 10.1. The van der Waals surface area contributed by atoms with Crippen LogP contribution < -0.4 is 14.2 Å². The SMILES string of the molecule is N#CC1(COc2ccc3c(c2)OCO3)CCCC1. The standard InChI is InChI=1S/C14H15NO3/c15-8-14(5-1-2-6-14)9-16-11-3-4-12-13(7-11)18-10-17-12/h3-4,7H,1-2,5-6,9-10H2. The molecule has 3 rings (SSSR count). The van der Waals surface area contributed by atoms with Crippen LogP contribution in [0.25, 0.3) is 0 Å². The molecule has 1 aliphatic carbocycles. The molecule has 0 amide bonds. The van der Waals surface area contributed by atoms with Gasteiger partial charge in [-0.25, -0.2) is 0 Å². The monoisotopic (exact) mass is 245 g/mol. The highest BCUT2D eigenvalue weighted by atomic mass is 16.7. The summed E-state index contributed by atoms with van der Waals surface area (Å²) in [6.45, 7) is 0.726. The average molecular weight is 245 g/mol. The average Bonchev–Trinajstić information content (AvgIpc) is 3.05. The van der Waals surface area contributed by atoms with Crippen molar-refractivity contribution in [1.29, 1.82) is 5.26 Å². The maximum Gasteiger partial charge on any atom is 0.231 e. The van der Waals surface area contributed by atoms with Crippen molar-refractivity contribution in [2.24, 2.45) is 5.41 Å². The van der Waals surface area contributed by atoms with E-state index in [2.05, 4.69) is 6.07 Å². The van der Waals surface area contributed by atoms with Crippen molar-refractivity contribution in [2.75, 3.05) is 13.4 Å². The van der Waals surface area contributed by atoms with Crippen molar-refractivity contribution in [2.45, 2.75) is 25.7 Å². The maximum atomic E-state index is 9.27. The third kappa shape index (κ3) is 1.97. The Morgan fingerprint density at radius 3 is 2.78 bits per heavy atom. The minimum absolute atomic E-state index is 0.265. The molecule has 1 aromatic rings. The zero-order chi connectivity index (χ0) is 12.4. The second-order valence-corrected chi connectivity index (χ2v) is 4.90. The zero-order valence-electron chi connectivity index (χ0n) is 10.1. The Hall–Kier alpha value is -1.89. The Balaban J connectivity index is 1.68. The number of hydrogen-bond donors (Lipinski definition) is 0. The van der Waals surface area contributed by atoms with Crippen LogP contribution >= 0.6 is 0 Å². The minimum Gasteiger partial charge on any atom is -0.492 e. The molecule has 1 aliphatic heterocycles. The molecule has 0 unspecified atom stereocenters. The molecule has 0 atom stereocenters. The van der Waals surface area contributed by atoms with Crippen LogP contribution in [0.5, 0.6) is 17.2 Å². The van der Waals surface area contributed by atoms with Crippen molar-refractivity contribution < 1.29 is 14.2 Å². The number of rotatable bonds is 3. The first kappa shape index (κ1) is 11.2. The number of nitrogens with zero attached hydrogens (tertiary/aromatic N) is 1. The van der Waals surface area contributed by atoms with Crippen LogP contribution in [0.3, 0.4) is 0 Å². The number of ether oxygens (including phenoxy) is 3. The molecule has 0 spiro atoms. The van der Waals surface area contributed by atoms with Crippen LogP contribution in [0.2, 0.25) is 0 Å². The van der Waals surface area contributed by atoms with E-state index in [9.17, 15) is 5.26 Å². The molecule has 4 nitrogen and oxygen atoms in total. The normalized spacial score (nSPS) is 19.5. The fraction of sp³-hybridized carbons (Fsp3) is 0.500.